The van der Waals surface area contributed by atoms with Crippen molar-refractivity contribution < 1.29 is 25.9 Å². The zero-order valence-corrected chi connectivity index (χ0v) is 10.4. The van der Waals surface area contributed by atoms with Crippen molar-refractivity contribution in [3.8, 4) is 0 Å². The van der Waals surface area contributed by atoms with Gasteiger partial charge in [0.2, 0.25) is 0 Å². The Bertz CT molecular complexity index is 381. The van der Waals surface area contributed by atoms with Gasteiger partial charge >= 0.3 is 0 Å². The molecule has 0 radical (unpaired) electrons. The molecule has 0 heterocycles. The first-order valence-electron chi connectivity index (χ1n) is 5.15. The zero-order valence-electron chi connectivity index (χ0n) is 8.74. The Hall–Kier alpha value is -0.180. The number of hydrogen-bond acceptors (Lipinski definition) is 4. The third kappa shape index (κ3) is 3.69. The van der Waals surface area contributed by atoms with E-state index >= 15 is 0 Å². The maximum atomic E-state index is 11.1. The van der Waals surface area contributed by atoms with Crippen LogP contribution in [-0.2, 0) is 20.2 Å². The first kappa shape index (κ1) is 13.9. The average Bonchev–Trinajstić information content (AvgIpc) is 1.96. The third-order valence-electron chi connectivity index (χ3n) is 2.91. The fraction of sp³-hybridized carbons (Fsp3) is 1.00. The van der Waals surface area contributed by atoms with E-state index in [1.807, 2.05) is 0 Å². The molecule has 0 aromatic carbocycles. The molecule has 1 aliphatic rings. The fourth-order valence-corrected chi connectivity index (χ4v) is 4.91. The standard InChI is InChI=1S/C8H16O6S2/c9-15(10,11)7-5-3-1-2-4-6-8(7)16(12,13)14/h7-8H,1-6H2,(H,9,10,11)(H,12,13,14). The predicted molar refractivity (Wildman–Crippen MR) is 58.4 cm³/mol. The summed E-state index contributed by atoms with van der Waals surface area (Å²) in [6.07, 6.45) is 2.84. The summed E-state index contributed by atoms with van der Waals surface area (Å²) in [5.74, 6) is 0. The van der Waals surface area contributed by atoms with Crippen molar-refractivity contribution in [3.05, 3.63) is 0 Å². The van der Waals surface area contributed by atoms with Gasteiger partial charge < -0.3 is 0 Å². The van der Waals surface area contributed by atoms with Crippen molar-refractivity contribution in [2.75, 3.05) is 0 Å². The van der Waals surface area contributed by atoms with Gasteiger partial charge in [-0.3, -0.25) is 9.11 Å². The van der Waals surface area contributed by atoms with Crippen molar-refractivity contribution in [1.29, 1.82) is 0 Å². The van der Waals surface area contributed by atoms with Crippen LogP contribution < -0.4 is 0 Å². The van der Waals surface area contributed by atoms with Gasteiger partial charge in [0, 0.05) is 0 Å². The monoisotopic (exact) mass is 272 g/mol. The molecule has 1 aliphatic carbocycles. The van der Waals surface area contributed by atoms with Crippen LogP contribution in [0, 0.1) is 0 Å². The second-order valence-corrected chi connectivity index (χ2v) is 7.37. The zero-order chi connectivity index (χ0) is 12.4. The average molecular weight is 272 g/mol. The molecule has 0 spiro atoms. The van der Waals surface area contributed by atoms with Gasteiger partial charge in [-0.2, -0.15) is 16.8 Å². The van der Waals surface area contributed by atoms with Crippen LogP contribution in [0.3, 0.4) is 0 Å². The summed E-state index contributed by atoms with van der Waals surface area (Å²) in [5.41, 5.74) is 0. The summed E-state index contributed by atoms with van der Waals surface area (Å²) in [7, 11) is -8.87. The van der Waals surface area contributed by atoms with Crippen molar-refractivity contribution in [1.82, 2.24) is 0 Å². The van der Waals surface area contributed by atoms with E-state index in [-0.39, 0.29) is 12.8 Å². The van der Waals surface area contributed by atoms with Crippen LogP contribution in [0.4, 0.5) is 0 Å². The summed E-state index contributed by atoms with van der Waals surface area (Å²) in [4.78, 5) is 0. The lowest BCUT2D eigenvalue weighted by atomic mass is 10.0. The highest BCUT2D eigenvalue weighted by Gasteiger charge is 2.39. The molecule has 8 heteroatoms. The van der Waals surface area contributed by atoms with Crippen molar-refractivity contribution in [2.24, 2.45) is 0 Å². The van der Waals surface area contributed by atoms with Gasteiger partial charge in [-0.05, 0) is 12.8 Å². The van der Waals surface area contributed by atoms with Gasteiger partial charge in [-0.15, -0.1) is 0 Å². The quantitative estimate of drug-likeness (QED) is 0.721. The Labute approximate surface area is 95.5 Å². The Morgan fingerprint density at radius 2 is 1.00 bits per heavy atom. The molecule has 2 atom stereocenters. The molecule has 16 heavy (non-hydrogen) atoms. The van der Waals surface area contributed by atoms with Crippen molar-refractivity contribution >= 4 is 20.2 Å². The van der Waals surface area contributed by atoms with Gasteiger partial charge in [-0.1, -0.05) is 25.7 Å². The van der Waals surface area contributed by atoms with Crippen LogP contribution in [0.5, 0.6) is 0 Å². The van der Waals surface area contributed by atoms with Gasteiger partial charge in [-0.25, -0.2) is 0 Å². The van der Waals surface area contributed by atoms with E-state index in [4.69, 9.17) is 9.11 Å². The summed E-state index contributed by atoms with van der Waals surface area (Å²) in [6.45, 7) is 0. The molecule has 1 saturated carbocycles. The smallest absolute Gasteiger partial charge is 0.269 e. The molecule has 6 nitrogen and oxygen atoms in total. The highest BCUT2D eigenvalue weighted by Crippen LogP contribution is 2.26. The van der Waals surface area contributed by atoms with Gasteiger partial charge in [0.1, 0.15) is 10.5 Å². The maximum Gasteiger partial charge on any atom is 0.269 e. The molecule has 0 aliphatic heterocycles. The summed E-state index contributed by atoms with van der Waals surface area (Å²) in [5, 5.41) is -2.80. The minimum absolute atomic E-state index is 0.0727. The maximum absolute atomic E-state index is 11.1. The van der Waals surface area contributed by atoms with E-state index in [1.54, 1.807) is 0 Å². The molecule has 0 saturated heterocycles. The van der Waals surface area contributed by atoms with Crippen LogP contribution in [0.1, 0.15) is 38.5 Å². The minimum atomic E-state index is -4.44. The molecule has 96 valence electrons. The molecule has 1 rings (SSSR count). The van der Waals surface area contributed by atoms with Crippen LogP contribution in [-0.4, -0.2) is 36.4 Å². The molecule has 0 amide bonds. The second-order valence-electron chi connectivity index (χ2n) is 4.10. The van der Waals surface area contributed by atoms with Gasteiger partial charge in [0.25, 0.3) is 20.2 Å². The Balaban J connectivity index is 3.04. The van der Waals surface area contributed by atoms with Crippen LogP contribution in [0.2, 0.25) is 0 Å². The Kier molecular flexibility index (Phi) is 4.33. The summed E-state index contributed by atoms with van der Waals surface area (Å²) in [6, 6.07) is 0. The molecule has 2 unspecified atom stereocenters. The lowest BCUT2D eigenvalue weighted by Crippen LogP contribution is -2.40. The highest BCUT2D eigenvalue weighted by molar-refractivity contribution is 7.90. The van der Waals surface area contributed by atoms with Crippen LogP contribution in [0.25, 0.3) is 0 Å². The fourth-order valence-electron chi connectivity index (χ4n) is 2.10. The van der Waals surface area contributed by atoms with E-state index < -0.39 is 30.7 Å². The van der Waals surface area contributed by atoms with Crippen molar-refractivity contribution in [2.45, 2.75) is 49.0 Å². The first-order chi connectivity index (χ1) is 7.23. The summed E-state index contributed by atoms with van der Waals surface area (Å²) >= 11 is 0. The largest absolute Gasteiger partial charge is 0.285 e. The molecule has 0 aromatic rings. The van der Waals surface area contributed by atoms with E-state index in [2.05, 4.69) is 0 Å². The molecule has 2 N–H and O–H groups in total. The molecular weight excluding hydrogens is 256 g/mol. The molecule has 1 fully saturated rings. The van der Waals surface area contributed by atoms with Crippen molar-refractivity contribution in [3.63, 3.8) is 0 Å². The van der Waals surface area contributed by atoms with E-state index in [1.165, 1.54) is 0 Å². The van der Waals surface area contributed by atoms with Gasteiger partial charge in [0.15, 0.2) is 0 Å². The second kappa shape index (κ2) is 4.99. The molecular formula is C8H16O6S2. The van der Waals surface area contributed by atoms with Gasteiger partial charge in [0.05, 0.1) is 0 Å². The third-order valence-corrected chi connectivity index (χ3v) is 5.74. The predicted octanol–water partition coefficient (Wildman–Crippen LogP) is 0.853. The first-order valence-corrected chi connectivity index (χ1v) is 8.16. The van der Waals surface area contributed by atoms with E-state index in [0.29, 0.717) is 12.8 Å². The topological polar surface area (TPSA) is 109 Å². The Morgan fingerprint density at radius 1 is 0.688 bits per heavy atom. The number of hydrogen-bond donors (Lipinski definition) is 2. The molecule has 0 aromatic heterocycles. The lowest BCUT2D eigenvalue weighted by molar-refractivity contribution is 0.405. The van der Waals surface area contributed by atoms with E-state index in [0.717, 1.165) is 12.8 Å². The minimum Gasteiger partial charge on any atom is -0.285 e. The van der Waals surface area contributed by atoms with E-state index in [9.17, 15) is 16.8 Å². The van der Waals surface area contributed by atoms with Crippen LogP contribution in [0.15, 0.2) is 0 Å². The Morgan fingerprint density at radius 3 is 1.25 bits per heavy atom. The summed E-state index contributed by atoms with van der Waals surface area (Å²) < 4.78 is 62.3. The highest BCUT2D eigenvalue weighted by atomic mass is 32.2. The number of rotatable bonds is 2. The lowest BCUT2D eigenvalue weighted by Gasteiger charge is -2.24. The van der Waals surface area contributed by atoms with Crippen LogP contribution >= 0.6 is 0 Å². The molecule has 0 bridgehead atoms. The normalized spacial score (nSPS) is 29.4. The SMILES string of the molecule is O=S(=O)(O)C1CCCCCCC1S(=O)(=O)O.